The number of benzene rings is 1. The molecule has 1 aromatic carbocycles. The van der Waals surface area contributed by atoms with Crippen molar-refractivity contribution in [3.63, 3.8) is 0 Å². The Labute approximate surface area is 156 Å². The Hall–Kier alpha value is -2.51. The van der Waals surface area contributed by atoms with Crippen molar-refractivity contribution in [1.29, 1.82) is 0 Å². The highest BCUT2D eigenvalue weighted by molar-refractivity contribution is 7.21. The molecule has 0 bridgehead atoms. The van der Waals surface area contributed by atoms with Crippen LogP contribution >= 0.6 is 11.3 Å². The van der Waals surface area contributed by atoms with E-state index in [2.05, 4.69) is 50.1 Å². The molecule has 1 aliphatic heterocycles. The van der Waals surface area contributed by atoms with Gasteiger partial charge < -0.3 is 10.6 Å². The van der Waals surface area contributed by atoms with Crippen LogP contribution in [0.1, 0.15) is 6.42 Å². The van der Waals surface area contributed by atoms with Gasteiger partial charge >= 0.3 is 0 Å². The van der Waals surface area contributed by atoms with Crippen molar-refractivity contribution in [3.8, 4) is 10.4 Å². The number of hydrogen-bond acceptors (Lipinski definition) is 6. The molecule has 134 valence electrons. The number of nitrogens with zero attached hydrogens (tertiary/aromatic N) is 4. The van der Waals surface area contributed by atoms with Crippen molar-refractivity contribution < 1.29 is 4.79 Å². The zero-order valence-electron chi connectivity index (χ0n) is 14.5. The number of hydrogen-bond donors (Lipinski definition) is 1. The Bertz CT molecular complexity index is 911. The molecule has 7 heteroatoms. The van der Waals surface area contributed by atoms with Gasteiger partial charge in [-0.15, -0.1) is 11.3 Å². The number of carbonyl (C=O) groups is 1. The van der Waals surface area contributed by atoms with Gasteiger partial charge in [-0.1, -0.05) is 30.3 Å². The summed E-state index contributed by atoms with van der Waals surface area (Å²) >= 11 is 1.69. The minimum absolute atomic E-state index is 0.270. The van der Waals surface area contributed by atoms with Gasteiger partial charge in [0.25, 0.3) is 0 Å². The maximum absolute atomic E-state index is 11.2. The zero-order valence-corrected chi connectivity index (χ0v) is 15.3. The summed E-state index contributed by atoms with van der Waals surface area (Å²) in [5.74, 6) is 0.711. The molecule has 0 atom stereocenters. The normalized spacial score (nSPS) is 15.9. The first-order valence-electron chi connectivity index (χ1n) is 8.76. The van der Waals surface area contributed by atoms with E-state index in [0.29, 0.717) is 6.54 Å². The predicted molar refractivity (Wildman–Crippen MR) is 105 cm³/mol. The maximum Gasteiger partial charge on any atom is 0.231 e. The van der Waals surface area contributed by atoms with Gasteiger partial charge in [-0.2, -0.15) is 0 Å². The fourth-order valence-electron chi connectivity index (χ4n) is 3.40. The van der Waals surface area contributed by atoms with Crippen molar-refractivity contribution in [2.45, 2.75) is 6.42 Å². The van der Waals surface area contributed by atoms with Crippen molar-refractivity contribution in [1.82, 2.24) is 14.9 Å². The van der Waals surface area contributed by atoms with E-state index in [1.54, 1.807) is 17.7 Å². The third-order valence-electron chi connectivity index (χ3n) is 4.63. The third kappa shape index (κ3) is 3.54. The topological polar surface area (TPSA) is 75.4 Å². The van der Waals surface area contributed by atoms with Crippen LogP contribution in [0.3, 0.4) is 0 Å². The van der Waals surface area contributed by atoms with E-state index in [4.69, 9.17) is 5.73 Å². The van der Waals surface area contributed by atoms with Crippen molar-refractivity contribution in [2.75, 3.05) is 37.6 Å². The van der Waals surface area contributed by atoms with E-state index in [1.807, 2.05) is 6.07 Å². The van der Waals surface area contributed by atoms with Crippen LogP contribution in [-0.4, -0.2) is 53.5 Å². The van der Waals surface area contributed by atoms with Crippen LogP contribution in [0.25, 0.3) is 20.7 Å². The van der Waals surface area contributed by atoms with E-state index in [1.165, 1.54) is 10.4 Å². The van der Waals surface area contributed by atoms with E-state index >= 15 is 0 Å². The van der Waals surface area contributed by atoms with Gasteiger partial charge in [0.15, 0.2) is 0 Å². The first-order chi connectivity index (χ1) is 12.7. The number of anilines is 1. The summed E-state index contributed by atoms with van der Waals surface area (Å²) in [6.07, 6.45) is 2.63. The number of aromatic nitrogens is 2. The van der Waals surface area contributed by atoms with E-state index in [0.717, 1.165) is 48.6 Å². The van der Waals surface area contributed by atoms with Gasteiger partial charge in [-0.05, 0) is 18.1 Å². The van der Waals surface area contributed by atoms with Crippen molar-refractivity contribution in [2.24, 2.45) is 5.73 Å². The Balaban J connectivity index is 1.62. The summed E-state index contributed by atoms with van der Waals surface area (Å²) < 4.78 is 0. The maximum atomic E-state index is 11.2. The number of primary amides is 1. The van der Waals surface area contributed by atoms with Crippen LogP contribution < -0.4 is 10.6 Å². The quantitative estimate of drug-likeness (QED) is 0.766. The monoisotopic (exact) mass is 367 g/mol. The lowest BCUT2D eigenvalue weighted by molar-refractivity contribution is -0.119. The molecule has 1 aliphatic rings. The molecule has 4 rings (SSSR count). The molecule has 0 unspecified atom stereocenters. The van der Waals surface area contributed by atoms with Gasteiger partial charge in [0.05, 0.1) is 11.9 Å². The fraction of sp³-hybridized carbons (Fsp3) is 0.316. The minimum Gasteiger partial charge on any atom is -0.369 e. The number of carbonyl (C=O) groups excluding carboxylic acids is 1. The van der Waals surface area contributed by atoms with Gasteiger partial charge in [-0.25, -0.2) is 9.97 Å². The molecule has 2 N–H and O–H groups in total. The fourth-order valence-corrected chi connectivity index (χ4v) is 4.40. The summed E-state index contributed by atoms with van der Waals surface area (Å²) in [4.78, 5) is 26.9. The van der Waals surface area contributed by atoms with Crippen LogP contribution in [0.5, 0.6) is 0 Å². The number of rotatable bonds is 4. The summed E-state index contributed by atoms with van der Waals surface area (Å²) in [5, 5.41) is 1.10. The third-order valence-corrected chi connectivity index (χ3v) is 5.73. The Morgan fingerprint density at radius 3 is 2.77 bits per heavy atom. The van der Waals surface area contributed by atoms with Crippen LogP contribution in [0.2, 0.25) is 0 Å². The SMILES string of the molecule is NC(=O)CN1CCCN(c2ncnc3sc(-c4ccccc4)cc23)CC1. The molecular weight excluding hydrogens is 346 g/mol. The highest BCUT2D eigenvalue weighted by atomic mass is 32.1. The summed E-state index contributed by atoms with van der Waals surface area (Å²) in [6, 6.07) is 12.5. The minimum atomic E-state index is -0.270. The number of nitrogens with two attached hydrogens (primary N) is 1. The highest BCUT2D eigenvalue weighted by Gasteiger charge is 2.20. The summed E-state index contributed by atoms with van der Waals surface area (Å²) in [5.41, 5.74) is 6.54. The second-order valence-corrected chi connectivity index (χ2v) is 7.51. The molecule has 3 aromatic rings. The predicted octanol–water partition coefficient (Wildman–Crippen LogP) is 2.36. The van der Waals surface area contributed by atoms with Crippen molar-refractivity contribution >= 4 is 33.3 Å². The average molecular weight is 367 g/mol. The Morgan fingerprint density at radius 1 is 1.12 bits per heavy atom. The van der Waals surface area contributed by atoms with Crippen LogP contribution in [-0.2, 0) is 4.79 Å². The molecule has 1 fully saturated rings. The molecule has 3 heterocycles. The highest BCUT2D eigenvalue weighted by Crippen LogP contribution is 2.36. The molecule has 0 aliphatic carbocycles. The van der Waals surface area contributed by atoms with Gasteiger partial charge in [0.2, 0.25) is 5.91 Å². The van der Waals surface area contributed by atoms with E-state index in [9.17, 15) is 4.79 Å². The molecule has 6 nitrogen and oxygen atoms in total. The largest absolute Gasteiger partial charge is 0.369 e. The first kappa shape index (κ1) is 16.9. The molecule has 0 saturated carbocycles. The lowest BCUT2D eigenvalue weighted by Crippen LogP contribution is -2.36. The number of amides is 1. The number of thiophene rings is 1. The smallest absolute Gasteiger partial charge is 0.231 e. The van der Waals surface area contributed by atoms with Gasteiger partial charge in [0, 0.05) is 31.1 Å². The standard InChI is InChI=1S/C19H21N5OS/c20-17(25)12-23-7-4-8-24(10-9-23)18-15-11-16(14-5-2-1-3-6-14)26-19(15)22-13-21-18/h1-3,5-6,11,13H,4,7-10,12H2,(H2,20,25). The lowest BCUT2D eigenvalue weighted by atomic mass is 10.2. The van der Waals surface area contributed by atoms with E-state index < -0.39 is 0 Å². The molecule has 0 radical (unpaired) electrons. The first-order valence-corrected chi connectivity index (χ1v) is 9.58. The second-order valence-electron chi connectivity index (χ2n) is 6.48. The zero-order chi connectivity index (χ0) is 17.9. The second kappa shape index (κ2) is 7.39. The van der Waals surface area contributed by atoms with Crippen LogP contribution in [0.4, 0.5) is 5.82 Å². The molecular formula is C19H21N5OS. The molecule has 26 heavy (non-hydrogen) atoms. The Morgan fingerprint density at radius 2 is 1.96 bits per heavy atom. The Kier molecular flexibility index (Phi) is 4.81. The van der Waals surface area contributed by atoms with Crippen LogP contribution in [0.15, 0.2) is 42.7 Å². The lowest BCUT2D eigenvalue weighted by Gasteiger charge is -2.22. The summed E-state index contributed by atoms with van der Waals surface area (Å²) in [7, 11) is 0. The molecule has 1 saturated heterocycles. The molecule has 2 aromatic heterocycles. The number of fused-ring (bicyclic) bond motifs is 1. The average Bonchev–Trinajstić information content (AvgIpc) is 2.96. The van der Waals surface area contributed by atoms with Gasteiger partial charge in [-0.3, -0.25) is 9.69 Å². The van der Waals surface area contributed by atoms with E-state index in [-0.39, 0.29) is 5.91 Å². The summed E-state index contributed by atoms with van der Waals surface area (Å²) in [6.45, 7) is 3.76. The van der Waals surface area contributed by atoms with Crippen LogP contribution in [0, 0.1) is 0 Å². The van der Waals surface area contributed by atoms with Crippen molar-refractivity contribution in [3.05, 3.63) is 42.7 Å². The molecule has 0 spiro atoms. The van der Waals surface area contributed by atoms with Gasteiger partial charge in [0.1, 0.15) is 17.0 Å². The molecule has 1 amide bonds.